The lowest BCUT2D eigenvalue weighted by atomic mass is 10.1. The van der Waals surface area contributed by atoms with Gasteiger partial charge in [0.2, 0.25) is 0 Å². The van der Waals surface area contributed by atoms with Crippen molar-refractivity contribution in [3.8, 4) is 5.75 Å². The van der Waals surface area contributed by atoms with E-state index in [1.165, 1.54) is 5.56 Å². The largest absolute Gasteiger partial charge is 0.481 e. The number of carbonyl (C=O) groups excluding carboxylic acids is 1. The molecule has 1 aromatic carbocycles. The molecule has 0 saturated carbocycles. The van der Waals surface area contributed by atoms with Crippen LogP contribution >= 0.6 is 0 Å². The molecule has 19 heavy (non-hydrogen) atoms. The maximum absolute atomic E-state index is 11.7. The molecule has 1 unspecified atom stereocenters. The molecule has 1 rings (SSSR count). The van der Waals surface area contributed by atoms with Crippen LogP contribution in [0.1, 0.15) is 32.3 Å². The molecule has 4 nitrogen and oxygen atoms in total. The first-order chi connectivity index (χ1) is 9.17. The lowest BCUT2D eigenvalue weighted by Gasteiger charge is -2.14. The quantitative estimate of drug-likeness (QED) is 0.705. The van der Waals surface area contributed by atoms with E-state index in [0.29, 0.717) is 18.8 Å². The molecule has 0 aliphatic rings. The summed E-state index contributed by atoms with van der Waals surface area (Å²) < 4.78 is 5.60. The molecule has 0 heterocycles. The summed E-state index contributed by atoms with van der Waals surface area (Å²) in [6.45, 7) is 5.19. The maximum Gasteiger partial charge on any atom is 0.260 e. The van der Waals surface area contributed by atoms with E-state index < -0.39 is 6.10 Å². The van der Waals surface area contributed by atoms with E-state index in [0.717, 1.165) is 19.3 Å². The average molecular weight is 264 g/mol. The molecule has 0 saturated heterocycles. The number of rotatable bonds is 8. The summed E-state index contributed by atoms with van der Waals surface area (Å²) in [6, 6.07) is 7.70. The van der Waals surface area contributed by atoms with Crippen LogP contribution in [0.2, 0.25) is 0 Å². The Kier molecular flexibility index (Phi) is 6.97. The van der Waals surface area contributed by atoms with Crippen molar-refractivity contribution in [3.63, 3.8) is 0 Å². The normalized spacial score (nSPS) is 11.9. The van der Waals surface area contributed by atoms with E-state index in [9.17, 15) is 4.79 Å². The average Bonchev–Trinajstić information content (AvgIpc) is 2.41. The van der Waals surface area contributed by atoms with Crippen LogP contribution in [0.3, 0.4) is 0 Å². The van der Waals surface area contributed by atoms with Crippen LogP contribution in [0, 0.1) is 0 Å². The molecule has 0 bridgehead atoms. The van der Waals surface area contributed by atoms with Gasteiger partial charge in [-0.1, -0.05) is 25.5 Å². The minimum absolute atomic E-state index is 0.0699. The van der Waals surface area contributed by atoms with Gasteiger partial charge in [-0.3, -0.25) is 4.79 Å². The fourth-order valence-corrected chi connectivity index (χ4v) is 1.69. The van der Waals surface area contributed by atoms with Gasteiger partial charge in [-0.05, 0) is 44.0 Å². The molecule has 0 aliphatic heterocycles. The standard InChI is InChI=1S/C15H24N2O2/c1-3-4-11-17-15(18)12(2)19-14-7-5-13(6-8-14)9-10-16/h5-8,12H,3-4,9-11,16H2,1-2H3,(H,17,18). The summed E-state index contributed by atoms with van der Waals surface area (Å²) in [7, 11) is 0. The van der Waals surface area contributed by atoms with Gasteiger partial charge in [-0.25, -0.2) is 0 Å². The van der Waals surface area contributed by atoms with Crippen molar-refractivity contribution in [2.24, 2.45) is 5.73 Å². The highest BCUT2D eigenvalue weighted by Crippen LogP contribution is 2.14. The minimum atomic E-state index is -0.475. The lowest BCUT2D eigenvalue weighted by molar-refractivity contribution is -0.127. The number of benzene rings is 1. The minimum Gasteiger partial charge on any atom is -0.481 e. The maximum atomic E-state index is 11.7. The van der Waals surface area contributed by atoms with Crippen LogP contribution in [0.15, 0.2) is 24.3 Å². The molecule has 4 heteroatoms. The molecule has 106 valence electrons. The van der Waals surface area contributed by atoms with Crippen molar-refractivity contribution in [1.82, 2.24) is 5.32 Å². The number of amides is 1. The molecular weight excluding hydrogens is 240 g/mol. The number of nitrogens with one attached hydrogen (secondary N) is 1. The molecule has 0 spiro atoms. The fourth-order valence-electron chi connectivity index (χ4n) is 1.69. The summed E-state index contributed by atoms with van der Waals surface area (Å²) in [5, 5.41) is 2.85. The second-order valence-electron chi connectivity index (χ2n) is 4.59. The second kappa shape index (κ2) is 8.53. The van der Waals surface area contributed by atoms with Crippen LogP contribution in [0.4, 0.5) is 0 Å². The predicted molar refractivity (Wildman–Crippen MR) is 77.2 cm³/mol. The van der Waals surface area contributed by atoms with Crippen molar-refractivity contribution < 1.29 is 9.53 Å². The Hall–Kier alpha value is -1.55. The van der Waals surface area contributed by atoms with Crippen molar-refractivity contribution >= 4 is 5.91 Å². The number of hydrogen-bond donors (Lipinski definition) is 2. The highest BCUT2D eigenvalue weighted by atomic mass is 16.5. The molecule has 1 atom stereocenters. The highest BCUT2D eigenvalue weighted by molar-refractivity contribution is 5.80. The molecule has 0 aromatic heterocycles. The first kappa shape index (κ1) is 15.5. The number of carbonyl (C=O) groups is 1. The lowest BCUT2D eigenvalue weighted by Crippen LogP contribution is -2.36. The van der Waals surface area contributed by atoms with Crippen molar-refractivity contribution in [3.05, 3.63) is 29.8 Å². The molecule has 0 fully saturated rings. The molecule has 1 amide bonds. The van der Waals surface area contributed by atoms with E-state index >= 15 is 0 Å². The Morgan fingerprint density at radius 1 is 1.37 bits per heavy atom. The zero-order valence-electron chi connectivity index (χ0n) is 11.8. The van der Waals surface area contributed by atoms with Gasteiger partial charge >= 0.3 is 0 Å². The first-order valence-corrected chi connectivity index (χ1v) is 6.90. The number of nitrogens with two attached hydrogens (primary N) is 1. The van der Waals surface area contributed by atoms with Gasteiger partial charge in [-0.15, -0.1) is 0 Å². The molecule has 0 aliphatic carbocycles. The Labute approximate surface area is 115 Å². The van der Waals surface area contributed by atoms with Gasteiger partial charge in [0.15, 0.2) is 6.10 Å². The van der Waals surface area contributed by atoms with Crippen LogP contribution in [0.25, 0.3) is 0 Å². The first-order valence-electron chi connectivity index (χ1n) is 6.90. The highest BCUT2D eigenvalue weighted by Gasteiger charge is 2.13. The Balaban J connectivity index is 2.42. The van der Waals surface area contributed by atoms with Crippen molar-refractivity contribution in [1.29, 1.82) is 0 Å². The summed E-state index contributed by atoms with van der Waals surface area (Å²) in [4.78, 5) is 11.7. The Morgan fingerprint density at radius 2 is 2.05 bits per heavy atom. The predicted octanol–water partition coefficient (Wildman–Crippen LogP) is 1.87. The van der Waals surface area contributed by atoms with Crippen LogP contribution in [0.5, 0.6) is 5.75 Å². The molecule has 3 N–H and O–H groups in total. The molecule has 1 aromatic rings. The number of unbranched alkanes of at least 4 members (excludes halogenated alkanes) is 1. The zero-order valence-corrected chi connectivity index (χ0v) is 11.8. The third kappa shape index (κ3) is 5.75. The summed E-state index contributed by atoms with van der Waals surface area (Å²) in [5.74, 6) is 0.637. The molecular formula is C15H24N2O2. The van der Waals surface area contributed by atoms with Gasteiger partial charge < -0.3 is 15.8 Å². The smallest absolute Gasteiger partial charge is 0.260 e. The van der Waals surface area contributed by atoms with E-state index in [1.807, 2.05) is 24.3 Å². The van der Waals surface area contributed by atoms with Crippen molar-refractivity contribution in [2.75, 3.05) is 13.1 Å². The number of hydrogen-bond acceptors (Lipinski definition) is 3. The monoisotopic (exact) mass is 264 g/mol. The van der Waals surface area contributed by atoms with E-state index in [1.54, 1.807) is 6.92 Å². The van der Waals surface area contributed by atoms with Crippen LogP contribution < -0.4 is 15.8 Å². The Bertz CT molecular complexity index is 376. The summed E-state index contributed by atoms with van der Waals surface area (Å²) >= 11 is 0. The zero-order chi connectivity index (χ0) is 14.1. The van der Waals surface area contributed by atoms with Gasteiger partial charge in [0.05, 0.1) is 0 Å². The third-order valence-electron chi connectivity index (χ3n) is 2.87. The van der Waals surface area contributed by atoms with E-state index in [-0.39, 0.29) is 5.91 Å². The topological polar surface area (TPSA) is 64.3 Å². The SMILES string of the molecule is CCCCNC(=O)C(C)Oc1ccc(CCN)cc1. The van der Waals surface area contributed by atoms with Crippen LogP contribution in [-0.4, -0.2) is 25.1 Å². The van der Waals surface area contributed by atoms with Crippen LogP contribution in [-0.2, 0) is 11.2 Å². The van der Waals surface area contributed by atoms with Gasteiger partial charge in [0.25, 0.3) is 5.91 Å². The Morgan fingerprint density at radius 3 is 2.63 bits per heavy atom. The fraction of sp³-hybridized carbons (Fsp3) is 0.533. The second-order valence-corrected chi connectivity index (χ2v) is 4.59. The molecule has 0 radical (unpaired) electrons. The van der Waals surface area contributed by atoms with E-state index in [4.69, 9.17) is 10.5 Å². The summed E-state index contributed by atoms with van der Waals surface area (Å²) in [6.07, 6.45) is 2.44. The van der Waals surface area contributed by atoms with E-state index in [2.05, 4.69) is 12.2 Å². The third-order valence-corrected chi connectivity index (χ3v) is 2.87. The van der Waals surface area contributed by atoms with Gasteiger partial charge in [0, 0.05) is 6.54 Å². The number of ether oxygens (including phenoxy) is 1. The van der Waals surface area contributed by atoms with Crippen molar-refractivity contribution in [2.45, 2.75) is 39.2 Å². The van der Waals surface area contributed by atoms with Gasteiger partial charge in [0.1, 0.15) is 5.75 Å². The summed E-state index contributed by atoms with van der Waals surface area (Å²) in [5.41, 5.74) is 6.67. The van der Waals surface area contributed by atoms with Gasteiger partial charge in [-0.2, -0.15) is 0 Å².